The predicted octanol–water partition coefficient (Wildman–Crippen LogP) is 3.27. The summed E-state index contributed by atoms with van der Waals surface area (Å²) in [6.45, 7) is 6.43. The van der Waals surface area contributed by atoms with E-state index in [0.717, 1.165) is 43.2 Å². The maximum absolute atomic E-state index is 12.2. The third-order valence-electron chi connectivity index (χ3n) is 3.86. The van der Waals surface area contributed by atoms with E-state index < -0.39 is 12.6 Å². The molecule has 0 unspecified atom stereocenters. The van der Waals surface area contributed by atoms with Crippen molar-refractivity contribution in [2.24, 2.45) is 0 Å². The lowest BCUT2D eigenvalue weighted by Gasteiger charge is -2.32. The van der Waals surface area contributed by atoms with Gasteiger partial charge in [-0.3, -0.25) is 0 Å². The van der Waals surface area contributed by atoms with E-state index >= 15 is 0 Å². The van der Waals surface area contributed by atoms with Crippen molar-refractivity contribution in [2.75, 3.05) is 19.6 Å². The summed E-state index contributed by atoms with van der Waals surface area (Å²) in [5.41, 5.74) is 1.09. The molecule has 1 saturated heterocycles. The number of hydrogen-bond acceptors (Lipinski definition) is 4. The molecule has 0 atom stereocenters. The van der Waals surface area contributed by atoms with Gasteiger partial charge in [0, 0.05) is 24.0 Å². The first-order valence-electron chi connectivity index (χ1n) is 7.29. The van der Waals surface area contributed by atoms with E-state index in [1.165, 1.54) is 4.88 Å². The van der Waals surface area contributed by atoms with Crippen LogP contribution in [0.2, 0.25) is 0 Å². The normalized spacial score (nSPS) is 18.3. The SMILES string of the molecule is Cc1nc(CNC2CCN(CCC(F)(F)F)CC2)c(C)s1. The Morgan fingerprint density at radius 1 is 1.29 bits per heavy atom. The van der Waals surface area contributed by atoms with Gasteiger partial charge in [0.25, 0.3) is 0 Å². The van der Waals surface area contributed by atoms with Crippen molar-refractivity contribution in [3.63, 3.8) is 0 Å². The van der Waals surface area contributed by atoms with Crippen LogP contribution in [0.1, 0.15) is 34.8 Å². The number of halogens is 3. The smallest absolute Gasteiger partial charge is 0.308 e. The minimum Gasteiger partial charge on any atom is -0.308 e. The lowest BCUT2D eigenvalue weighted by molar-refractivity contribution is -0.138. The number of hydrogen-bond donors (Lipinski definition) is 1. The molecule has 0 saturated carbocycles. The van der Waals surface area contributed by atoms with Crippen LogP contribution in [0.15, 0.2) is 0 Å². The molecule has 0 amide bonds. The van der Waals surface area contributed by atoms with Gasteiger partial charge in [-0.05, 0) is 39.8 Å². The van der Waals surface area contributed by atoms with Gasteiger partial charge in [0.15, 0.2) is 0 Å². The van der Waals surface area contributed by atoms with Gasteiger partial charge in [-0.15, -0.1) is 11.3 Å². The number of likely N-dealkylation sites (tertiary alicyclic amines) is 1. The Morgan fingerprint density at radius 3 is 2.48 bits per heavy atom. The summed E-state index contributed by atoms with van der Waals surface area (Å²) in [4.78, 5) is 7.63. The molecule has 0 aliphatic carbocycles. The summed E-state index contributed by atoms with van der Waals surface area (Å²) in [7, 11) is 0. The average Bonchev–Trinajstić information content (AvgIpc) is 2.73. The molecule has 0 bridgehead atoms. The standard InChI is InChI=1S/C14H22F3N3S/c1-10-13(19-11(2)21-10)9-18-12-3-6-20(7-4-12)8-5-14(15,16)17/h12,18H,3-9H2,1-2H3. The molecule has 1 N–H and O–H groups in total. The van der Waals surface area contributed by atoms with Gasteiger partial charge in [0.05, 0.1) is 17.1 Å². The Labute approximate surface area is 127 Å². The minimum absolute atomic E-state index is 0.126. The molecule has 3 nitrogen and oxygen atoms in total. The van der Waals surface area contributed by atoms with E-state index in [4.69, 9.17) is 0 Å². The number of nitrogens with zero attached hydrogens (tertiary/aromatic N) is 2. The second-order valence-electron chi connectivity index (χ2n) is 5.60. The molecule has 0 radical (unpaired) electrons. The van der Waals surface area contributed by atoms with Gasteiger partial charge in [0.2, 0.25) is 0 Å². The molecule has 1 aromatic heterocycles. The highest BCUT2D eigenvalue weighted by molar-refractivity contribution is 7.11. The molecule has 0 spiro atoms. The van der Waals surface area contributed by atoms with Crippen molar-refractivity contribution < 1.29 is 13.2 Å². The molecule has 1 aliphatic rings. The Bertz CT molecular complexity index is 451. The molecule has 1 aromatic rings. The molecule has 1 aliphatic heterocycles. The van der Waals surface area contributed by atoms with Crippen LogP contribution in [0.25, 0.3) is 0 Å². The van der Waals surface area contributed by atoms with E-state index in [1.54, 1.807) is 11.3 Å². The number of nitrogens with one attached hydrogen (secondary N) is 1. The zero-order valence-electron chi connectivity index (χ0n) is 12.5. The summed E-state index contributed by atoms with van der Waals surface area (Å²) >= 11 is 1.70. The molecule has 21 heavy (non-hydrogen) atoms. The van der Waals surface area contributed by atoms with Crippen molar-refractivity contribution in [3.8, 4) is 0 Å². The molecule has 0 aromatic carbocycles. The van der Waals surface area contributed by atoms with Gasteiger partial charge >= 0.3 is 6.18 Å². The number of thiazole rings is 1. The Kier molecular flexibility index (Phi) is 5.62. The number of aromatic nitrogens is 1. The zero-order valence-corrected chi connectivity index (χ0v) is 13.3. The summed E-state index contributed by atoms with van der Waals surface area (Å²) < 4.78 is 36.6. The van der Waals surface area contributed by atoms with Crippen molar-refractivity contribution in [3.05, 3.63) is 15.6 Å². The first kappa shape index (κ1) is 16.7. The van der Waals surface area contributed by atoms with E-state index in [0.29, 0.717) is 6.04 Å². The van der Waals surface area contributed by atoms with Crippen molar-refractivity contribution >= 4 is 11.3 Å². The fourth-order valence-electron chi connectivity index (χ4n) is 2.62. The molecule has 7 heteroatoms. The first-order chi connectivity index (χ1) is 9.83. The molecule has 120 valence electrons. The molecular weight excluding hydrogens is 299 g/mol. The molecule has 2 heterocycles. The van der Waals surface area contributed by atoms with Crippen LogP contribution in [0.4, 0.5) is 13.2 Å². The van der Waals surface area contributed by atoms with Gasteiger partial charge in [-0.2, -0.15) is 13.2 Å². The summed E-state index contributed by atoms with van der Waals surface area (Å²) in [6, 6.07) is 0.383. The number of rotatable bonds is 5. The van der Waals surface area contributed by atoms with Crippen molar-refractivity contribution in [1.82, 2.24) is 15.2 Å². The van der Waals surface area contributed by atoms with Crippen molar-refractivity contribution in [2.45, 2.75) is 51.9 Å². The topological polar surface area (TPSA) is 28.2 Å². The number of aryl methyl sites for hydroxylation is 2. The highest BCUT2D eigenvalue weighted by Crippen LogP contribution is 2.21. The van der Waals surface area contributed by atoms with Crippen LogP contribution >= 0.6 is 11.3 Å². The van der Waals surface area contributed by atoms with Gasteiger partial charge < -0.3 is 10.2 Å². The van der Waals surface area contributed by atoms with Crippen LogP contribution < -0.4 is 5.32 Å². The van der Waals surface area contributed by atoms with E-state index in [9.17, 15) is 13.2 Å². The Morgan fingerprint density at radius 2 is 1.95 bits per heavy atom. The Hall–Kier alpha value is -0.660. The first-order valence-corrected chi connectivity index (χ1v) is 8.10. The van der Waals surface area contributed by atoms with Gasteiger partial charge in [-0.25, -0.2) is 4.98 Å². The molecular formula is C14H22F3N3S. The van der Waals surface area contributed by atoms with Crippen LogP contribution in [0.3, 0.4) is 0 Å². The fourth-order valence-corrected chi connectivity index (χ4v) is 3.46. The predicted molar refractivity (Wildman–Crippen MR) is 78.6 cm³/mol. The van der Waals surface area contributed by atoms with Crippen molar-refractivity contribution in [1.29, 1.82) is 0 Å². The lowest BCUT2D eigenvalue weighted by Crippen LogP contribution is -2.43. The highest BCUT2D eigenvalue weighted by atomic mass is 32.1. The second-order valence-corrected chi connectivity index (χ2v) is 7.01. The number of alkyl halides is 3. The Balaban J connectivity index is 1.68. The second kappa shape index (κ2) is 7.07. The summed E-state index contributed by atoms with van der Waals surface area (Å²) in [5, 5.41) is 4.56. The van der Waals surface area contributed by atoms with Crippen LogP contribution in [0, 0.1) is 13.8 Å². The number of piperidine rings is 1. The van der Waals surface area contributed by atoms with E-state index in [1.807, 2.05) is 11.8 Å². The summed E-state index contributed by atoms with van der Waals surface area (Å²) in [6.07, 6.45) is -2.95. The minimum atomic E-state index is -4.05. The largest absolute Gasteiger partial charge is 0.390 e. The van der Waals surface area contributed by atoms with Crippen LogP contribution in [-0.4, -0.2) is 41.7 Å². The van der Waals surface area contributed by atoms with E-state index in [2.05, 4.69) is 17.2 Å². The van der Waals surface area contributed by atoms with Crippen LogP contribution in [-0.2, 0) is 6.54 Å². The quantitative estimate of drug-likeness (QED) is 0.902. The summed E-state index contributed by atoms with van der Waals surface area (Å²) in [5.74, 6) is 0. The zero-order chi connectivity index (χ0) is 15.5. The maximum atomic E-state index is 12.2. The average molecular weight is 321 g/mol. The third kappa shape index (κ3) is 5.56. The fraction of sp³-hybridized carbons (Fsp3) is 0.786. The van der Waals surface area contributed by atoms with Gasteiger partial charge in [-0.1, -0.05) is 0 Å². The highest BCUT2D eigenvalue weighted by Gasteiger charge is 2.29. The van der Waals surface area contributed by atoms with E-state index in [-0.39, 0.29) is 6.54 Å². The third-order valence-corrected chi connectivity index (χ3v) is 4.79. The van der Waals surface area contributed by atoms with Crippen LogP contribution in [0.5, 0.6) is 0 Å². The maximum Gasteiger partial charge on any atom is 0.390 e. The lowest BCUT2D eigenvalue weighted by atomic mass is 10.0. The monoisotopic (exact) mass is 321 g/mol. The van der Waals surface area contributed by atoms with Gasteiger partial charge in [0.1, 0.15) is 0 Å². The molecule has 1 fully saturated rings. The molecule has 2 rings (SSSR count).